The molecule has 0 radical (unpaired) electrons. The lowest BCUT2D eigenvalue weighted by atomic mass is 10.1. The number of anilines is 1. The highest BCUT2D eigenvalue weighted by atomic mass is 16.4. The molecular weight excluding hydrogens is 322 g/mol. The van der Waals surface area contributed by atoms with Gasteiger partial charge < -0.3 is 10.4 Å². The van der Waals surface area contributed by atoms with E-state index < -0.39 is 11.9 Å². The van der Waals surface area contributed by atoms with Gasteiger partial charge in [-0.1, -0.05) is 29.8 Å². The zero-order chi connectivity index (χ0) is 18.0. The van der Waals surface area contributed by atoms with Crippen molar-refractivity contribution in [1.29, 1.82) is 0 Å². The second-order valence-electron chi connectivity index (χ2n) is 5.74. The normalized spacial score (nSPS) is 10.6. The minimum absolute atomic E-state index is 0.138. The molecule has 0 aliphatic heterocycles. The number of carboxylic acids is 1. The van der Waals surface area contributed by atoms with E-state index in [1.807, 2.05) is 31.2 Å². The van der Waals surface area contributed by atoms with Crippen LogP contribution in [0.5, 0.6) is 0 Å². The first-order chi connectivity index (χ1) is 11.9. The summed E-state index contributed by atoms with van der Waals surface area (Å²) in [5.41, 5.74) is 2.46. The Balaban J connectivity index is 1.72. The molecule has 8 heteroatoms. The maximum atomic E-state index is 12.3. The maximum Gasteiger partial charge on any atom is 0.339 e. The van der Waals surface area contributed by atoms with Gasteiger partial charge in [0.2, 0.25) is 0 Å². The first kappa shape index (κ1) is 16.4. The molecule has 2 N–H and O–H groups in total. The van der Waals surface area contributed by atoms with Gasteiger partial charge in [-0.25, -0.2) is 4.79 Å². The highest BCUT2D eigenvalue weighted by molar-refractivity contribution is 6.09. The van der Waals surface area contributed by atoms with Crippen molar-refractivity contribution in [2.45, 2.75) is 13.5 Å². The molecule has 2 heterocycles. The molecule has 8 nitrogen and oxygen atoms in total. The molecule has 0 saturated heterocycles. The Bertz CT molecular complexity index is 924. The Kier molecular flexibility index (Phi) is 4.34. The van der Waals surface area contributed by atoms with Gasteiger partial charge in [0.15, 0.2) is 5.69 Å². The molecule has 2 aromatic heterocycles. The van der Waals surface area contributed by atoms with Crippen molar-refractivity contribution >= 4 is 17.6 Å². The number of aromatic carboxylic acids is 1. The number of aromatic nitrogens is 4. The van der Waals surface area contributed by atoms with Crippen molar-refractivity contribution in [3.8, 4) is 0 Å². The van der Waals surface area contributed by atoms with E-state index in [2.05, 4.69) is 15.5 Å². The van der Waals surface area contributed by atoms with Crippen molar-refractivity contribution in [1.82, 2.24) is 19.6 Å². The number of carbonyl (C=O) groups is 2. The monoisotopic (exact) mass is 339 g/mol. The van der Waals surface area contributed by atoms with Crippen LogP contribution in [0, 0.1) is 6.92 Å². The minimum Gasteiger partial charge on any atom is -0.478 e. The van der Waals surface area contributed by atoms with E-state index in [9.17, 15) is 9.59 Å². The van der Waals surface area contributed by atoms with Crippen molar-refractivity contribution in [3.05, 3.63) is 65.2 Å². The van der Waals surface area contributed by atoms with Gasteiger partial charge in [-0.05, 0) is 12.5 Å². The molecule has 25 heavy (non-hydrogen) atoms. The summed E-state index contributed by atoms with van der Waals surface area (Å²) in [5.74, 6) is -1.79. The number of aryl methyl sites for hydroxylation is 2. The number of nitrogens with one attached hydrogen (secondary N) is 1. The predicted octanol–water partition coefficient (Wildman–Crippen LogP) is 1.92. The van der Waals surface area contributed by atoms with E-state index in [0.29, 0.717) is 12.2 Å². The molecule has 3 aromatic rings. The van der Waals surface area contributed by atoms with Crippen LogP contribution in [0.25, 0.3) is 0 Å². The predicted molar refractivity (Wildman–Crippen MR) is 90.6 cm³/mol. The van der Waals surface area contributed by atoms with Gasteiger partial charge >= 0.3 is 5.97 Å². The van der Waals surface area contributed by atoms with Crippen molar-refractivity contribution in [3.63, 3.8) is 0 Å². The third-order valence-electron chi connectivity index (χ3n) is 3.63. The lowest BCUT2D eigenvalue weighted by molar-refractivity contribution is 0.0692. The van der Waals surface area contributed by atoms with Crippen LogP contribution >= 0.6 is 0 Å². The molecule has 0 aliphatic carbocycles. The van der Waals surface area contributed by atoms with E-state index in [0.717, 1.165) is 5.56 Å². The topological polar surface area (TPSA) is 102 Å². The highest BCUT2D eigenvalue weighted by Crippen LogP contribution is 2.12. The fourth-order valence-corrected chi connectivity index (χ4v) is 2.40. The summed E-state index contributed by atoms with van der Waals surface area (Å²) in [6, 6.07) is 8.08. The van der Waals surface area contributed by atoms with Crippen LogP contribution < -0.4 is 5.32 Å². The number of hydrogen-bond acceptors (Lipinski definition) is 4. The van der Waals surface area contributed by atoms with Gasteiger partial charge in [0.05, 0.1) is 18.4 Å². The Labute approximate surface area is 143 Å². The Morgan fingerprint density at radius 1 is 1.20 bits per heavy atom. The van der Waals surface area contributed by atoms with Gasteiger partial charge in [-0.15, -0.1) is 0 Å². The second-order valence-corrected chi connectivity index (χ2v) is 5.74. The largest absolute Gasteiger partial charge is 0.478 e. The van der Waals surface area contributed by atoms with Crippen LogP contribution in [0.1, 0.15) is 32.0 Å². The van der Waals surface area contributed by atoms with Crippen LogP contribution in [0.4, 0.5) is 5.69 Å². The van der Waals surface area contributed by atoms with Gasteiger partial charge in [0.25, 0.3) is 5.91 Å². The molecule has 1 amide bonds. The maximum absolute atomic E-state index is 12.3. The zero-order valence-electron chi connectivity index (χ0n) is 13.8. The fourth-order valence-electron chi connectivity index (χ4n) is 2.40. The molecule has 1 aromatic carbocycles. The van der Waals surface area contributed by atoms with Crippen LogP contribution in [-0.4, -0.2) is 36.5 Å². The van der Waals surface area contributed by atoms with E-state index in [1.165, 1.54) is 22.6 Å². The molecule has 0 bridgehead atoms. The van der Waals surface area contributed by atoms with Gasteiger partial charge in [-0.3, -0.25) is 14.2 Å². The van der Waals surface area contributed by atoms with Crippen molar-refractivity contribution < 1.29 is 14.7 Å². The van der Waals surface area contributed by atoms with Gasteiger partial charge in [-0.2, -0.15) is 10.2 Å². The molecule has 128 valence electrons. The molecule has 0 aliphatic rings. The molecule has 3 rings (SSSR count). The van der Waals surface area contributed by atoms with E-state index in [-0.39, 0.29) is 11.3 Å². The van der Waals surface area contributed by atoms with Crippen molar-refractivity contribution in [2.24, 2.45) is 7.05 Å². The molecule has 0 unspecified atom stereocenters. The quantitative estimate of drug-likeness (QED) is 0.739. The third kappa shape index (κ3) is 3.74. The molecule has 0 saturated carbocycles. The molecule has 0 fully saturated rings. The third-order valence-corrected chi connectivity index (χ3v) is 3.63. The summed E-state index contributed by atoms with van der Waals surface area (Å²) in [7, 11) is 1.56. The first-order valence-corrected chi connectivity index (χ1v) is 7.58. The zero-order valence-corrected chi connectivity index (χ0v) is 13.8. The number of hydrogen-bond donors (Lipinski definition) is 2. The average Bonchev–Trinajstić information content (AvgIpc) is 3.16. The Hall–Kier alpha value is -3.42. The summed E-state index contributed by atoms with van der Waals surface area (Å²) >= 11 is 0. The van der Waals surface area contributed by atoms with E-state index >= 15 is 0 Å². The van der Waals surface area contributed by atoms with E-state index in [4.69, 9.17) is 5.11 Å². The summed E-state index contributed by atoms with van der Waals surface area (Å²) in [6.45, 7) is 2.59. The van der Waals surface area contributed by atoms with Crippen LogP contribution in [0.15, 0.2) is 42.9 Å². The number of carbonyl (C=O) groups excluding carboxylic acids is 1. The van der Waals surface area contributed by atoms with Crippen LogP contribution in [0.3, 0.4) is 0 Å². The summed E-state index contributed by atoms with van der Waals surface area (Å²) in [6.07, 6.45) is 4.48. The lowest BCUT2D eigenvalue weighted by Crippen LogP contribution is -2.16. The number of benzene rings is 1. The van der Waals surface area contributed by atoms with Crippen LogP contribution in [0.2, 0.25) is 0 Å². The fraction of sp³-hybridized carbons (Fsp3) is 0.176. The van der Waals surface area contributed by atoms with Crippen molar-refractivity contribution in [2.75, 3.05) is 5.32 Å². The summed E-state index contributed by atoms with van der Waals surface area (Å²) in [4.78, 5) is 23.4. The van der Waals surface area contributed by atoms with Crippen LogP contribution in [-0.2, 0) is 13.6 Å². The van der Waals surface area contributed by atoms with E-state index in [1.54, 1.807) is 17.9 Å². The molecule has 0 atom stereocenters. The Morgan fingerprint density at radius 2 is 1.92 bits per heavy atom. The lowest BCUT2D eigenvalue weighted by Gasteiger charge is -2.03. The molecular formula is C17H17N5O3. The number of carboxylic acid groups (broad SMARTS) is 1. The SMILES string of the molecule is Cc1ccc(Cn2cc(NC(=O)c3nn(C)cc3C(=O)O)cn2)cc1. The standard InChI is InChI=1S/C17H17N5O3/c1-11-3-5-12(6-4-11)8-22-9-13(7-18-22)19-16(23)15-14(17(24)25)10-21(2)20-15/h3-7,9-10H,8H2,1-2H3,(H,19,23)(H,24,25). The smallest absolute Gasteiger partial charge is 0.339 e. The number of rotatable bonds is 5. The Morgan fingerprint density at radius 3 is 2.60 bits per heavy atom. The number of nitrogens with zero attached hydrogens (tertiary/aromatic N) is 4. The summed E-state index contributed by atoms with van der Waals surface area (Å²) < 4.78 is 2.98. The minimum atomic E-state index is -1.20. The van der Waals surface area contributed by atoms with Gasteiger partial charge in [0.1, 0.15) is 5.56 Å². The number of amides is 1. The highest BCUT2D eigenvalue weighted by Gasteiger charge is 2.21. The summed E-state index contributed by atoms with van der Waals surface area (Å²) in [5, 5.41) is 19.9. The first-order valence-electron chi connectivity index (χ1n) is 7.58. The van der Waals surface area contributed by atoms with Gasteiger partial charge in [0, 0.05) is 19.4 Å². The average molecular weight is 339 g/mol. The second kappa shape index (κ2) is 6.60. The molecule has 0 spiro atoms.